The Hall–Kier alpha value is -2.05. The summed E-state index contributed by atoms with van der Waals surface area (Å²) in [6.07, 6.45) is 2.39. The van der Waals surface area contributed by atoms with Gasteiger partial charge < -0.3 is 20.5 Å². The number of halogens is 1. The summed E-state index contributed by atoms with van der Waals surface area (Å²) in [5.74, 6) is 1.52. The minimum absolute atomic E-state index is 0.0646. The molecule has 3 aromatic rings. The molecule has 1 unspecified atom stereocenters. The zero-order chi connectivity index (χ0) is 15.7. The van der Waals surface area contributed by atoms with Crippen molar-refractivity contribution in [3.63, 3.8) is 0 Å². The van der Waals surface area contributed by atoms with Crippen LogP contribution in [0.5, 0.6) is 0 Å². The topological polar surface area (TPSA) is 92.8 Å². The molecule has 0 aliphatic heterocycles. The van der Waals surface area contributed by atoms with Crippen LogP contribution in [0.2, 0.25) is 5.28 Å². The summed E-state index contributed by atoms with van der Waals surface area (Å²) in [6, 6.07) is 3.81. The van der Waals surface area contributed by atoms with Crippen molar-refractivity contribution in [3.05, 3.63) is 40.7 Å². The van der Waals surface area contributed by atoms with Gasteiger partial charge in [0.25, 0.3) is 0 Å². The summed E-state index contributed by atoms with van der Waals surface area (Å²) < 4.78 is 5.32. The molecule has 0 aliphatic carbocycles. The number of nitrogens with one attached hydrogen (secondary N) is 2. The van der Waals surface area contributed by atoms with Gasteiger partial charge in [-0.2, -0.15) is 4.98 Å². The number of fused-ring (bicyclic) bond motifs is 1. The lowest BCUT2D eigenvalue weighted by Crippen LogP contribution is -2.18. The summed E-state index contributed by atoms with van der Waals surface area (Å²) in [5.41, 5.74) is 8.76. The molecule has 0 amide bonds. The predicted molar refractivity (Wildman–Crippen MR) is 87.0 cm³/mol. The molecule has 0 aromatic carbocycles. The molecule has 3 heterocycles. The second-order valence-electron chi connectivity index (χ2n) is 5.41. The van der Waals surface area contributed by atoms with Crippen LogP contribution in [0.25, 0.3) is 11.0 Å². The van der Waals surface area contributed by atoms with E-state index < -0.39 is 0 Å². The van der Waals surface area contributed by atoms with Crippen LogP contribution in [-0.2, 0) is 13.0 Å². The van der Waals surface area contributed by atoms with Crippen LogP contribution in [0.15, 0.2) is 22.8 Å². The van der Waals surface area contributed by atoms with Crippen molar-refractivity contribution in [2.24, 2.45) is 5.73 Å². The Bertz CT molecular complexity index is 779. The Morgan fingerprint density at radius 3 is 2.95 bits per heavy atom. The molecule has 0 radical (unpaired) electrons. The second kappa shape index (κ2) is 5.98. The molecular formula is C15H18ClN5O. The summed E-state index contributed by atoms with van der Waals surface area (Å²) in [4.78, 5) is 11.9. The summed E-state index contributed by atoms with van der Waals surface area (Å²) in [6.45, 7) is 4.54. The summed E-state index contributed by atoms with van der Waals surface area (Å²) in [5, 5.41) is 4.39. The third-order valence-electron chi connectivity index (χ3n) is 3.51. The van der Waals surface area contributed by atoms with Crippen LogP contribution in [-0.4, -0.2) is 21.0 Å². The van der Waals surface area contributed by atoms with Gasteiger partial charge in [-0.05, 0) is 43.1 Å². The van der Waals surface area contributed by atoms with Gasteiger partial charge in [0, 0.05) is 18.2 Å². The molecule has 3 rings (SSSR count). The normalized spacial score (nSPS) is 12.7. The Morgan fingerprint density at radius 2 is 2.27 bits per heavy atom. The quantitative estimate of drug-likeness (QED) is 0.629. The van der Waals surface area contributed by atoms with Crippen molar-refractivity contribution >= 4 is 28.5 Å². The van der Waals surface area contributed by atoms with Gasteiger partial charge >= 0.3 is 0 Å². The highest BCUT2D eigenvalue weighted by atomic mass is 35.5. The van der Waals surface area contributed by atoms with E-state index in [1.807, 2.05) is 26.0 Å². The van der Waals surface area contributed by atoms with E-state index in [0.717, 1.165) is 34.5 Å². The van der Waals surface area contributed by atoms with E-state index in [4.69, 9.17) is 21.8 Å². The number of nitrogens with zero attached hydrogens (tertiary/aromatic N) is 2. The minimum atomic E-state index is 0.0646. The smallest absolute Gasteiger partial charge is 0.226 e. The lowest BCUT2D eigenvalue weighted by Gasteiger charge is -2.07. The van der Waals surface area contributed by atoms with Crippen LogP contribution in [0.1, 0.15) is 23.9 Å². The average Bonchev–Trinajstić information content (AvgIpc) is 3.05. The van der Waals surface area contributed by atoms with Crippen molar-refractivity contribution in [2.75, 3.05) is 5.32 Å². The zero-order valence-electron chi connectivity index (χ0n) is 12.5. The molecule has 3 aromatic heterocycles. The largest absolute Gasteiger partial charge is 0.467 e. The summed E-state index contributed by atoms with van der Waals surface area (Å²) >= 11 is 6.02. The zero-order valence-corrected chi connectivity index (χ0v) is 13.2. The van der Waals surface area contributed by atoms with Gasteiger partial charge in [-0.1, -0.05) is 0 Å². The SMILES string of the molecule is Cc1c(CC(C)N)[nH]c2nc(Cl)nc(NCc3ccco3)c12. The maximum atomic E-state index is 6.02. The molecule has 0 saturated carbocycles. The van der Waals surface area contributed by atoms with Crippen molar-refractivity contribution in [1.29, 1.82) is 0 Å². The predicted octanol–water partition coefficient (Wildman–Crippen LogP) is 3.01. The third kappa shape index (κ3) is 2.93. The Balaban J connectivity index is 1.99. The van der Waals surface area contributed by atoms with Gasteiger partial charge in [0.15, 0.2) is 0 Å². The van der Waals surface area contributed by atoms with E-state index in [0.29, 0.717) is 12.4 Å². The van der Waals surface area contributed by atoms with Crippen LogP contribution in [0, 0.1) is 6.92 Å². The number of anilines is 1. The van der Waals surface area contributed by atoms with Gasteiger partial charge in [-0.15, -0.1) is 0 Å². The number of H-pyrrole nitrogens is 1. The molecule has 0 aliphatic rings. The molecule has 22 heavy (non-hydrogen) atoms. The molecular weight excluding hydrogens is 302 g/mol. The first kappa shape index (κ1) is 14.9. The number of hydrogen-bond donors (Lipinski definition) is 3. The van der Waals surface area contributed by atoms with E-state index in [1.165, 1.54) is 0 Å². The maximum Gasteiger partial charge on any atom is 0.226 e. The molecule has 4 N–H and O–H groups in total. The fraction of sp³-hybridized carbons (Fsp3) is 0.333. The number of aromatic nitrogens is 3. The molecule has 6 nitrogen and oxygen atoms in total. The number of aromatic amines is 1. The summed E-state index contributed by atoms with van der Waals surface area (Å²) in [7, 11) is 0. The first-order chi connectivity index (χ1) is 10.5. The highest BCUT2D eigenvalue weighted by molar-refractivity contribution is 6.28. The van der Waals surface area contributed by atoms with Crippen molar-refractivity contribution < 1.29 is 4.42 Å². The molecule has 0 bridgehead atoms. The van der Waals surface area contributed by atoms with Crippen molar-refractivity contribution in [2.45, 2.75) is 32.9 Å². The maximum absolute atomic E-state index is 6.02. The van der Waals surface area contributed by atoms with Crippen molar-refractivity contribution in [3.8, 4) is 0 Å². The lowest BCUT2D eigenvalue weighted by molar-refractivity contribution is 0.518. The van der Waals surface area contributed by atoms with E-state index in [9.17, 15) is 0 Å². The monoisotopic (exact) mass is 319 g/mol. The van der Waals surface area contributed by atoms with Gasteiger partial charge in [0.1, 0.15) is 17.2 Å². The highest BCUT2D eigenvalue weighted by Crippen LogP contribution is 2.28. The Morgan fingerprint density at radius 1 is 1.45 bits per heavy atom. The minimum Gasteiger partial charge on any atom is -0.467 e. The van der Waals surface area contributed by atoms with Crippen molar-refractivity contribution in [1.82, 2.24) is 15.0 Å². The van der Waals surface area contributed by atoms with Gasteiger partial charge in [0.2, 0.25) is 5.28 Å². The van der Waals surface area contributed by atoms with Crippen LogP contribution in [0.4, 0.5) is 5.82 Å². The molecule has 7 heteroatoms. The number of nitrogens with two attached hydrogens (primary N) is 1. The van der Waals surface area contributed by atoms with Crippen LogP contribution in [0.3, 0.4) is 0 Å². The van der Waals surface area contributed by atoms with Gasteiger partial charge in [-0.25, -0.2) is 4.98 Å². The Kier molecular flexibility index (Phi) is 4.04. The van der Waals surface area contributed by atoms with Crippen LogP contribution >= 0.6 is 11.6 Å². The van der Waals surface area contributed by atoms with E-state index >= 15 is 0 Å². The fourth-order valence-electron chi connectivity index (χ4n) is 2.50. The Labute approximate surface area is 133 Å². The highest BCUT2D eigenvalue weighted by Gasteiger charge is 2.16. The standard InChI is InChI=1S/C15H18ClN5O/c1-8(17)6-11-9(2)12-13(18-7-10-4-3-5-22-10)20-15(16)21-14(12)19-11/h3-5,8H,6-7,17H2,1-2H3,(H2,18,19,20,21). The number of hydrogen-bond acceptors (Lipinski definition) is 5. The van der Waals surface area contributed by atoms with Gasteiger partial charge in [0.05, 0.1) is 18.2 Å². The van der Waals surface area contributed by atoms with Crippen LogP contribution < -0.4 is 11.1 Å². The number of rotatable bonds is 5. The lowest BCUT2D eigenvalue weighted by atomic mass is 10.1. The van der Waals surface area contributed by atoms with E-state index in [1.54, 1.807) is 6.26 Å². The van der Waals surface area contributed by atoms with E-state index in [2.05, 4.69) is 20.3 Å². The first-order valence-electron chi connectivity index (χ1n) is 7.11. The first-order valence-corrected chi connectivity index (χ1v) is 7.49. The molecule has 0 saturated heterocycles. The molecule has 116 valence electrons. The number of aryl methyl sites for hydroxylation is 1. The third-order valence-corrected chi connectivity index (χ3v) is 3.68. The molecule has 0 spiro atoms. The number of furan rings is 1. The fourth-order valence-corrected chi connectivity index (χ4v) is 2.67. The molecule has 1 atom stereocenters. The average molecular weight is 320 g/mol. The van der Waals surface area contributed by atoms with Gasteiger partial charge in [-0.3, -0.25) is 0 Å². The molecule has 0 fully saturated rings. The van der Waals surface area contributed by atoms with E-state index in [-0.39, 0.29) is 11.3 Å². The second-order valence-corrected chi connectivity index (χ2v) is 5.75.